The Bertz CT molecular complexity index is 2190. The minimum atomic E-state index is -1.31. The van der Waals surface area contributed by atoms with E-state index in [1.54, 1.807) is 98.8 Å². The molecule has 0 radical (unpaired) electrons. The number of amides is 8. The second-order valence-electron chi connectivity index (χ2n) is 16.3. The molecule has 20 nitrogen and oxygen atoms in total. The molecule has 0 aromatic heterocycles. The zero-order valence-electron chi connectivity index (χ0n) is 38.2. The number of hydrogen-bond donors (Lipinski definition) is 12. The summed E-state index contributed by atoms with van der Waals surface area (Å²) in [5, 5.41) is 34.1. The predicted octanol–water partition coefficient (Wildman–Crippen LogP) is -0.496. The van der Waals surface area contributed by atoms with Gasteiger partial charge in [-0.2, -0.15) is 0 Å². The van der Waals surface area contributed by atoms with Crippen molar-refractivity contribution in [3.8, 4) is 11.5 Å². The molecule has 14 N–H and O–H groups in total. The third-order valence-electron chi connectivity index (χ3n) is 11.0. The highest BCUT2D eigenvalue weighted by molar-refractivity contribution is 5.96. The third-order valence-corrected chi connectivity index (χ3v) is 11.0. The largest absolute Gasteiger partial charge is 0.508 e. The van der Waals surface area contributed by atoms with Crippen molar-refractivity contribution in [2.45, 2.75) is 88.6 Å². The molecule has 0 heterocycles. The Morgan fingerprint density at radius 2 is 0.765 bits per heavy atom. The molecule has 4 aromatic rings. The first-order chi connectivity index (χ1) is 32.3. The average Bonchev–Trinajstić information content (AvgIpc) is 3.33. The molecule has 0 bridgehead atoms. The highest BCUT2D eigenvalue weighted by atomic mass is 16.3. The molecule has 20 heteroatoms. The zero-order chi connectivity index (χ0) is 49.9. The molecule has 0 saturated carbocycles. The van der Waals surface area contributed by atoms with Crippen molar-refractivity contribution in [3.63, 3.8) is 0 Å². The maximum Gasteiger partial charge on any atom is 0.261 e. The topological polar surface area (TPSA) is 325 Å². The molecule has 0 spiro atoms. The van der Waals surface area contributed by atoms with Gasteiger partial charge in [-0.3, -0.25) is 49.2 Å². The first-order valence-electron chi connectivity index (χ1n) is 21.8. The van der Waals surface area contributed by atoms with Crippen molar-refractivity contribution in [1.82, 2.24) is 42.8 Å². The Labute approximate surface area is 393 Å². The van der Waals surface area contributed by atoms with Gasteiger partial charge in [0.05, 0.1) is 25.2 Å². The van der Waals surface area contributed by atoms with Crippen LogP contribution < -0.4 is 54.2 Å². The number of carbonyl (C=O) groups excluding carboxylic acids is 8. The van der Waals surface area contributed by atoms with Crippen molar-refractivity contribution >= 4 is 47.3 Å². The Kier molecular flexibility index (Phi) is 20.0. The summed E-state index contributed by atoms with van der Waals surface area (Å²) in [6.45, 7) is 4.98. The van der Waals surface area contributed by atoms with Crippen LogP contribution in [0.3, 0.4) is 0 Å². The fourth-order valence-corrected chi connectivity index (χ4v) is 6.83. The molecule has 4 rings (SSSR count). The van der Waals surface area contributed by atoms with Gasteiger partial charge >= 0.3 is 0 Å². The SMILES string of the molecule is C[C@H](c1ccccc1)[C@H](NC(=O)CNC(=O)[C@@H](C)NC(=O)[C@@H](N)Cc1ccc(O)cc1)C(=O)NNC(=O)[C@@H](NC(=O)CNC(=O)[C@@H](C)NC(=O)[C@@H](N)Cc1ccc(O)cc1)[C@H](C)c1ccccc1. The maximum atomic E-state index is 13.8. The van der Waals surface area contributed by atoms with E-state index in [9.17, 15) is 48.6 Å². The van der Waals surface area contributed by atoms with Gasteiger partial charge in [-0.25, -0.2) is 0 Å². The van der Waals surface area contributed by atoms with E-state index < -0.39 is 108 Å². The minimum absolute atomic E-state index is 0.0564. The lowest BCUT2D eigenvalue weighted by molar-refractivity contribution is -0.135. The summed E-state index contributed by atoms with van der Waals surface area (Å²) in [4.78, 5) is 105. The van der Waals surface area contributed by atoms with Crippen molar-refractivity contribution in [3.05, 3.63) is 131 Å². The summed E-state index contributed by atoms with van der Waals surface area (Å²) < 4.78 is 0. The van der Waals surface area contributed by atoms with Crippen LogP contribution >= 0.6 is 0 Å². The number of benzene rings is 4. The van der Waals surface area contributed by atoms with E-state index in [4.69, 9.17) is 11.5 Å². The second kappa shape index (κ2) is 25.7. The Morgan fingerprint density at radius 3 is 1.09 bits per heavy atom. The summed E-state index contributed by atoms with van der Waals surface area (Å²) in [6.07, 6.45) is 0.275. The van der Waals surface area contributed by atoms with E-state index in [1.807, 2.05) is 0 Å². The molecule has 0 aliphatic carbocycles. The van der Waals surface area contributed by atoms with Crippen LogP contribution in [0.5, 0.6) is 11.5 Å². The van der Waals surface area contributed by atoms with E-state index in [0.717, 1.165) is 0 Å². The molecule has 8 amide bonds. The molecular weight excluding hydrogens is 877 g/mol. The molecule has 362 valence electrons. The summed E-state index contributed by atoms with van der Waals surface area (Å²) >= 11 is 0. The standard InChI is InChI=1S/C48H60N10O10/c1-27(33-11-7-5-8-12-33)41(55-39(61)25-51-43(63)29(3)53-45(65)37(49)23-31-15-19-35(59)20-16-31)47(67)57-58-48(68)42(28(2)34-13-9-6-10-14-34)56-40(62)26-52-44(64)30(4)54-46(66)38(50)24-32-17-21-36(60)22-18-32/h5-22,27-30,37-38,41-42,59-60H,23-26,49-50H2,1-4H3,(H,51,63)(H,52,64)(H,53,65)(H,54,66)(H,55,61)(H,56,62)(H,57,67)(H,58,68)/t27-,28-,29-,30-,37+,38+,41+,42+/m1/s1. The minimum Gasteiger partial charge on any atom is -0.508 e. The van der Waals surface area contributed by atoms with Crippen LogP contribution in [-0.4, -0.2) is 107 Å². The number of phenols is 2. The van der Waals surface area contributed by atoms with Gasteiger partial charge in [-0.1, -0.05) is 98.8 Å². The van der Waals surface area contributed by atoms with Crippen LogP contribution in [0.2, 0.25) is 0 Å². The van der Waals surface area contributed by atoms with E-state index in [2.05, 4.69) is 42.8 Å². The number of phenolic OH excluding ortho intramolecular Hbond substituents is 2. The lowest BCUT2D eigenvalue weighted by Gasteiger charge is -2.27. The van der Waals surface area contributed by atoms with Gasteiger partial charge in [0.2, 0.25) is 35.4 Å². The van der Waals surface area contributed by atoms with E-state index in [-0.39, 0.29) is 24.3 Å². The smallest absolute Gasteiger partial charge is 0.261 e. The van der Waals surface area contributed by atoms with Crippen LogP contribution in [0.4, 0.5) is 0 Å². The van der Waals surface area contributed by atoms with E-state index in [1.165, 1.54) is 38.1 Å². The predicted molar refractivity (Wildman–Crippen MR) is 251 cm³/mol. The van der Waals surface area contributed by atoms with Crippen molar-refractivity contribution in [2.24, 2.45) is 11.5 Å². The third kappa shape index (κ3) is 16.5. The van der Waals surface area contributed by atoms with Crippen LogP contribution in [0, 0.1) is 0 Å². The number of hydrogen-bond acceptors (Lipinski definition) is 12. The summed E-state index contributed by atoms with van der Waals surface area (Å²) in [7, 11) is 0. The molecule has 8 atom stereocenters. The molecule has 0 saturated heterocycles. The molecule has 0 unspecified atom stereocenters. The van der Waals surface area contributed by atoms with Crippen LogP contribution in [-0.2, 0) is 51.2 Å². The van der Waals surface area contributed by atoms with Gasteiger partial charge in [0.1, 0.15) is 35.7 Å². The number of carbonyl (C=O) groups is 8. The molecule has 68 heavy (non-hydrogen) atoms. The van der Waals surface area contributed by atoms with Gasteiger partial charge in [0.15, 0.2) is 0 Å². The fraction of sp³-hybridized carbons (Fsp3) is 0.333. The molecule has 0 aliphatic heterocycles. The Hall–Kier alpha value is -7.84. The van der Waals surface area contributed by atoms with Gasteiger partial charge in [0.25, 0.3) is 11.8 Å². The highest BCUT2D eigenvalue weighted by Crippen LogP contribution is 2.21. The maximum absolute atomic E-state index is 13.8. The lowest BCUT2D eigenvalue weighted by Crippen LogP contribution is -2.59. The van der Waals surface area contributed by atoms with Crippen LogP contribution in [0.1, 0.15) is 61.8 Å². The summed E-state index contributed by atoms with van der Waals surface area (Å²) in [5.74, 6) is -7.13. The number of nitrogens with two attached hydrogens (primary N) is 2. The fourth-order valence-electron chi connectivity index (χ4n) is 6.83. The number of nitrogens with one attached hydrogen (secondary N) is 8. The van der Waals surface area contributed by atoms with Gasteiger partial charge in [-0.05, 0) is 73.2 Å². The number of aromatic hydroxyl groups is 2. The monoisotopic (exact) mass is 936 g/mol. The second-order valence-corrected chi connectivity index (χ2v) is 16.3. The van der Waals surface area contributed by atoms with Gasteiger partial charge in [0, 0.05) is 11.8 Å². The molecular formula is C48H60N10O10. The van der Waals surface area contributed by atoms with Crippen molar-refractivity contribution in [1.29, 1.82) is 0 Å². The lowest BCUT2D eigenvalue weighted by atomic mass is 9.92. The summed E-state index contributed by atoms with van der Waals surface area (Å²) in [6, 6.07) is 22.9. The Morgan fingerprint density at radius 1 is 0.441 bits per heavy atom. The Balaban J connectivity index is 1.35. The van der Waals surface area contributed by atoms with Crippen molar-refractivity contribution < 1.29 is 48.6 Å². The quantitative estimate of drug-likeness (QED) is 0.0444. The molecule has 0 fully saturated rings. The highest BCUT2D eigenvalue weighted by Gasteiger charge is 2.32. The average molecular weight is 937 g/mol. The van der Waals surface area contributed by atoms with Crippen LogP contribution in [0.15, 0.2) is 109 Å². The molecule has 4 aromatic carbocycles. The van der Waals surface area contributed by atoms with Crippen molar-refractivity contribution in [2.75, 3.05) is 13.1 Å². The van der Waals surface area contributed by atoms with Gasteiger partial charge in [-0.15, -0.1) is 0 Å². The first-order valence-corrected chi connectivity index (χ1v) is 21.8. The van der Waals surface area contributed by atoms with E-state index >= 15 is 0 Å². The van der Waals surface area contributed by atoms with Crippen LogP contribution in [0.25, 0.3) is 0 Å². The normalized spacial score (nSPS) is 14.4. The summed E-state index contributed by atoms with van der Waals surface area (Å²) in [5.41, 5.74) is 19.4. The number of hydrazine groups is 1. The molecule has 0 aliphatic rings. The zero-order valence-corrected chi connectivity index (χ0v) is 38.2. The number of rotatable bonds is 22. The first kappa shape index (κ1) is 52.8. The van der Waals surface area contributed by atoms with Gasteiger partial charge < -0.3 is 53.6 Å². The van der Waals surface area contributed by atoms with E-state index in [0.29, 0.717) is 22.3 Å².